The fraction of sp³-hybridized carbons (Fsp3) is 0.600. The second kappa shape index (κ2) is 3.34. The summed E-state index contributed by atoms with van der Waals surface area (Å²) in [5, 5.41) is 13.4. The SMILES string of the molecule is COC(=O)c1cnn(C)c1C1(CO)CC1. The molecule has 5 heteroatoms. The summed E-state index contributed by atoms with van der Waals surface area (Å²) in [6, 6.07) is 0. The van der Waals surface area contributed by atoms with Crippen LogP contribution in [0.1, 0.15) is 28.9 Å². The fourth-order valence-corrected chi connectivity index (χ4v) is 1.95. The maximum absolute atomic E-state index is 11.5. The number of carbonyl (C=O) groups is 1. The second-order valence-electron chi connectivity index (χ2n) is 3.96. The lowest BCUT2D eigenvalue weighted by molar-refractivity contribution is 0.0597. The largest absolute Gasteiger partial charge is 0.465 e. The third-order valence-corrected chi connectivity index (χ3v) is 3.00. The van der Waals surface area contributed by atoms with Gasteiger partial charge in [0.2, 0.25) is 0 Å². The van der Waals surface area contributed by atoms with E-state index in [0.717, 1.165) is 18.5 Å². The Morgan fingerprint density at radius 3 is 2.87 bits per heavy atom. The predicted molar refractivity (Wildman–Crippen MR) is 52.5 cm³/mol. The highest BCUT2D eigenvalue weighted by molar-refractivity contribution is 5.91. The number of hydrogen-bond donors (Lipinski definition) is 1. The zero-order valence-corrected chi connectivity index (χ0v) is 8.86. The van der Waals surface area contributed by atoms with E-state index < -0.39 is 5.97 Å². The van der Waals surface area contributed by atoms with E-state index in [1.54, 1.807) is 11.7 Å². The van der Waals surface area contributed by atoms with Crippen molar-refractivity contribution in [2.45, 2.75) is 18.3 Å². The normalized spacial score (nSPS) is 17.5. The zero-order valence-electron chi connectivity index (χ0n) is 8.86. The number of rotatable bonds is 3. The van der Waals surface area contributed by atoms with Gasteiger partial charge in [0.05, 0.1) is 25.6 Å². The molecule has 1 aliphatic carbocycles. The quantitative estimate of drug-likeness (QED) is 0.725. The average molecular weight is 210 g/mol. The Balaban J connectivity index is 2.45. The molecule has 0 bridgehead atoms. The summed E-state index contributed by atoms with van der Waals surface area (Å²) in [7, 11) is 3.12. The smallest absolute Gasteiger partial charge is 0.341 e. The summed E-state index contributed by atoms with van der Waals surface area (Å²) in [5.74, 6) is -0.391. The molecule has 15 heavy (non-hydrogen) atoms. The molecule has 0 radical (unpaired) electrons. The van der Waals surface area contributed by atoms with Crippen molar-refractivity contribution >= 4 is 5.97 Å². The van der Waals surface area contributed by atoms with Crippen LogP contribution in [0, 0.1) is 0 Å². The van der Waals surface area contributed by atoms with Crippen molar-refractivity contribution < 1.29 is 14.6 Å². The maximum atomic E-state index is 11.5. The van der Waals surface area contributed by atoms with Gasteiger partial charge >= 0.3 is 5.97 Å². The molecule has 1 aliphatic rings. The van der Waals surface area contributed by atoms with Crippen molar-refractivity contribution in [2.24, 2.45) is 7.05 Å². The van der Waals surface area contributed by atoms with E-state index in [-0.39, 0.29) is 12.0 Å². The van der Waals surface area contributed by atoms with Gasteiger partial charge in [-0.25, -0.2) is 4.79 Å². The van der Waals surface area contributed by atoms with Gasteiger partial charge in [-0.1, -0.05) is 0 Å². The molecule has 0 spiro atoms. The lowest BCUT2D eigenvalue weighted by Crippen LogP contribution is -2.20. The van der Waals surface area contributed by atoms with Crippen LogP contribution in [0.3, 0.4) is 0 Å². The Kier molecular flexibility index (Phi) is 2.26. The maximum Gasteiger partial charge on any atom is 0.341 e. The van der Waals surface area contributed by atoms with E-state index >= 15 is 0 Å². The summed E-state index contributed by atoms with van der Waals surface area (Å²) in [6.45, 7) is 0.0521. The molecule has 5 nitrogen and oxygen atoms in total. The Morgan fingerprint density at radius 1 is 1.73 bits per heavy atom. The molecule has 1 fully saturated rings. The molecule has 0 amide bonds. The van der Waals surface area contributed by atoms with Gasteiger partial charge in [0.15, 0.2) is 0 Å². The van der Waals surface area contributed by atoms with Crippen molar-refractivity contribution in [3.8, 4) is 0 Å². The first-order valence-electron chi connectivity index (χ1n) is 4.86. The van der Waals surface area contributed by atoms with Gasteiger partial charge < -0.3 is 9.84 Å². The molecule has 0 saturated heterocycles. The Labute approximate surface area is 87.7 Å². The van der Waals surface area contributed by atoms with E-state index in [1.165, 1.54) is 13.3 Å². The number of aryl methyl sites for hydroxylation is 1. The van der Waals surface area contributed by atoms with Crippen molar-refractivity contribution in [1.82, 2.24) is 9.78 Å². The Hall–Kier alpha value is -1.36. The number of hydrogen-bond acceptors (Lipinski definition) is 4. The number of carbonyl (C=O) groups excluding carboxylic acids is 1. The van der Waals surface area contributed by atoms with Gasteiger partial charge in [-0.05, 0) is 12.8 Å². The molecule has 1 N–H and O–H groups in total. The van der Waals surface area contributed by atoms with E-state index in [9.17, 15) is 9.90 Å². The van der Waals surface area contributed by atoms with Crippen molar-refractivity contribution in [1.29, 1.82) is 0 Å². The van der Waals surface area contributed by atoms with E-state index in [0.29, 0.717) is 5.56 Å². The molecule has 0 unspecified atom stereocenters. The minimum absolute atomic E-state index is 0.0521. The number of nitrogens with zero attached hydrogens (tertiary/aromatic N) is 2. The lowest BCUT2D eigenvalue weighted by atomic mass is 10.00. The Bertz CT molecular complexity index is 393. The van der Waals surface area contributed by atoms with Gasteiger partial charge in [-0.15, -0.1) is 0 Å². The Morgan fingerprint density at radius 2 is 2.40 bits per heavy atom. The summed E-state index contributed by atoms with van der Waals surface area (Å²) >= 11 is 0. The van der Waals surface area contributed by atoms with Crippen LogP contribution < -0.4 is 0 Å². The first-order chi connectivity index (χ1) is 7.14. The number of esters is 1. The molecule has 1 saturated carbocycles. The number of aromatic nitrogens is 2. The molecule has 2 rings (SSSR count). The zero-order chi connectivity index (χ0) is 11.1. The molecule has 1 aromatic heterocycles. The topological polar surface area (TPSA) is 64.3 Å². The highest BCUT2D eigenvalue weighted by atomic mass is 16.5. The van der Waals surface area contributed by atoms with Crippen LogP contribution in [0.15, 0.2) is 6.20 Å². The molecular weight excluding hydrogens is 196 g/mol. The monoisotopic (exact) mass is 210 g/mol. The van der Waals surface area contributed by atoms with Gasteiger partial charge in [-0.3, -0.25) is 4.68 Å². The highest BCUT2D eigenvalue weighted by Crippen LogP contribution is 2.48. The first kappa shape index (κ1) is 10.2. The van der Waals surface area contributed by atoms with Gasteiger partial charge in [0.1, 0.15) is 5.56 Å². The highest BCUT2D eigenvalue weighted by Gasteiger charge is 2.48. The molecule has 0 aliphatic heterocycles. The summed E-state index contributed by atoms with van der Waals surface area (Å²) in [6.07, 6.45) is 3.29. The van der Waals surface area contributed by atoms with Crippen molar-refractivity contribution in [3.63, 3.8) is 0 Å². The average Bonchev–Trinajstić information content (AvgIpc) is 2.95. The third kappa shape index (κ3) is 1.43. The summed E-state index contributed by atoms with van der Waals surface area (Å²) < 4.78 is 6.33. The molecule has 0 aromatic carbocycles. The fourth-order valence-electron chi connectivity index (χ4n) is 1.95. The van der Waals surface area contributed by atoms with E-state index in [1.807, 2.05) is 0 Å². The predicted octanol–water partition coefficient (Wildman–Crippen LogP) is 0.231. The van der Waals surface area contributed by atoms with Crippen LogP contribution in [-0.4, -0.2) is 34.6 Å². The van der Waals surface area contributed by atoms with Crippen LogP contribution in [-0.2, 0) is 17.2 Å². The van der Waals surface area contributed by atoms with Crippen LogP contribution in [0.25, 0.3) is 0 Å². The van der Waals surface area contributed by atoms with Gasteiger partial charge in [-0.2, -0.15) is 5.10 Å². The molecule has 82 valence electrons. The molecule has 1 aromatic rings. The van der Waals surface area contributed by atoms with Gasteiger partial charge in [0.25, 0.3) is 0 Å². The minimum atomic E-state index is -0.391. The van der Waals surface area contributed by atoms with Crippen molar-refractivity contribution in [3.05, 3.63) is 17.5 Å². The van der Waals surface area contributed by atoms with E-state index in [4.69, 9.17) is 0 Å². The molecular formula is C10H14N2O3. The minimum Gasteiger partial charge on any atom is -0.465 e. The number of aliphatic hydroxyl groups excluding tert-OH is 1. The van der Waals surface area contributed by atoms with Crippen molar-refractivity contribution in [2.75, 3.05) is 13.7 Å². The third-order valence-electron chi connectivity index (χ3n) is 3.00. The molecule has 1 heterocycles. The number of methoxy groups -OCH3 is 1. The van der Waals surface area contributed by atoms with Crippen LogP contribution >= 0.6 is 0 Å². The first-order valence-corrected chi connectivity index (χ1v) is 4.86. The second-order valence-corrected chi connectivity index (χ2v) is 3.96. The van der Waals surface area contributed by atoms with E-state index in [2.05, 4.69) is 9.84 Å². The number of ether oxygens (including phenoxy) is 1. The molecule has 0 atom stereocenters. The van der Waals surface area contributed by atoms with Crippen LogP contribution in [0.4, 0.5) is 0 Å². The lowest BCUT2D eigenvalue weighted by Gasteiger charge is -2.13. The standard InChI is InChI=1S/C10H14N2O3/c1-12-8(10(6-13)3-4-10)7(5-11-12)9(14)15-2/h5,13H,3-4,6H2,1-2H3. The van der Waals surface area contributed by atoms with Crippen LogP contribution in [0.5, 0.6) is 0 Å². The number of aliphatic hydroxyl groups is 1. The van der Waals surface area contributed by atoms with Crippen LogP contribution in [0.2, 0.25) is 0 Å². The summed E-state index contributed by atoms with van der Waals surface area (Å²) in [4.78, 5) is 11.5. The van der Waals surface area contributed by atoms with Gasteiger partial charge in [0, 0.05) is 12.5 Å². The summed E-state index contributed by atoms with van der Waals surface area (Å²) in [5.41, 5.74) is 0.984.